The summed E-state index contributed by atoms with van der Waals surface area (Å²) in [6, 6.07) is 18.5. The Morgan fingerprint density at radius 2 is 1.81 bits per heavy atom. The normalized spacial score (nSPS) is 15.5. The molecular weight excluding hydrogens is 414 g/mol. The van der Waals surface area contributed by atoms with Gasteiger partial charge in [-0.15, -0.1) is 0 Å². The van der Waals surface area contributed by atoms with Crippen molar-refractivity contribution in [2.75, 3.05) is 0 Å². The lowest BCUT2D eigenvalue weighted by Crippen LogP contribution is -2.29. The number of rotatable bonds is 3. The van der Waals surface area contributed by atoms with Crippen molar-refractivity contribution in [1.82, 2.24) is 4.90 Å². The second kappa shape index (κ2) is 7.29. The first kappa shape index (κ1) is 19.4. The van der Waals surface area contributed by atoms with E-state index < -0.39 is 6.04 Å². The van der Waals surface area contributed by atoms with E-state index in [0.717, 1.165) is 11.1 Å². The molecule has 0 aliphatic carbocycles. The molecule has 0 saturated heterocycles. The van der Waals surface area contributed by atoms with Crippen LogP contribution in [0.3, 0.4) is 0 Å². The van der Waals surface area contributed by atoms with Gasteiger partial charge in [0.25, 0.3) is 5.91 Å². The highest BCUT2D eigenvalue weighted by Gasteiger charge is 2.42. The smallest absolute Gasteiger partial charge is 0.291 e. The second-order valence-electron chi connectivity index (χ2n) is 7.73. The zero-order chi connectivity index (χ0) is 21.7. The Balaban J connectivity index is 1.73. The fraction of sp³-hybridized carbons (Fsp3) is 0.120. The molecule has 3 aromatic carbocycles. The summed E-state index contributed by atoms with van der Waals surface area (Å²) in [5, 5.41) is 10.8. The first-order chi connectivity index (χ1) is 14.9. The van der Waals surface area contributed by atoms with Crippen molar-refractivity contribution in [3.05, 3.63) is 110 Å². The van der Waals surface area contributed by atoms with E-state index in [1.54, 1.807) is 47.4 Å². The number of fused-ring (bicyclic) bond motifs is 2. The van der Waals surface area contributed by atoms with Crippen LogP contribution in [0.5, 0.6) is 5.75 Å². The molecule has 1 aromatic heterocycles. The molecule has 0 unspecified atom stereocenters. The zero-order valence-electron chi connectivity index (χ0n) is 16.6. The average molecular weight is 432 g/mol. The molecule has 154 valence electrons. The molecule has 1 amide bonds. The van der Waals surface area contributed by atoms with Crippen molar-refractivity contribution in [2.24, 2.45) is 0 Å². The van der Waals surface area contributed by atoms with Gasteiger partial charge in [-0.3, -0.25) is 9.59 Å². The number of aryl methyl sites for hydroxylation is 1. The Hall–Kier alpha value is -3.57. The number of hydrogen-bond acceptors (Lipinski definition) is 4. The van der Waals surface area contributed by atoms with Gasteiger partial charge in [-0.1, -0.05) is 53.6 Å². The van der Waals surface area contributed by atoms with Crippen LogP contribution in [0, 0.1) is 6.92 Å². The predicted octanol–water partition coefficient (Wildman–Crippen LogP) is 5.21. The standard InChI is InChI=1S/C25H18ClNO4/c1-14-5-7-15(8-6-14)13-27-22(16-3-2-4-18(28)11-16)21-23(29)19-12-17(26)9-10-20(19)31-24(21)25(27)30/h2-12,22,28H,13H2,1H3/t22-/m1/s1. The molecule has 4 aromatic rings. The number of amides is 1. The van der Waals surface area contributed by atoms with Crippen LogP contribution in [0.25, 0.3) is 11.0 Å². The highest BCUT2D eigenvalue weighted by atomic mass is 35.5. The van der Waals surface area contributed by atoms with Crippen molar-refractivity contribution in [1.29, 1.82) is 0 Å². The summed E-state index contributed by atoms with van der Waals surface area (Å²) in [7, 11) is 0. The van der Waals surface area contributed by atoms with Crippen molar-refractivity contribution >= 4 is 28.5 Å². The Morgan fingerprint density at radius 1 is 1.03 bits per heavy atom. The third kappa shape index (κ3) is 3.27. The molecule has 1 atom stereocenters. The summed E-state index contributed by atoms with van der Waals surface area (Å²) in [5.74, 6) is -0.278. The molecule has 2 heterocycles. The molecule has 1 aliphatic heterocycles. The van der Waals surface area contributed by atoms with Gasteiger partial charge in [-0.05, 0) is 48.4 Å². The molecule has 31 heavy (non-hydrogen) atoms. The van der Waals surface area contributed by atoms with Gasteiger partial charge in [0.15, 0.2) is 5.43 Å². The molecule has 0 spiro atoms. The number of benzene rings is 3. The van der Waals surface area contributed by atoms with Crippen LogP contribution in [0.15, 0.2) is 75.9 Å². The van der Waals surface area contributed by atoms with Crippen molar-refractivity contribution < 1.29 is 14.3 Å². The number of hydrogen-bond donors (Lipinski definition) is 1. The Bertz CT molecular complexity index is 1390. The highest BCUT2D eigenvalue weighted by Crippen LogP contribution is 2.40. The number of phenols is 1. The maximum Gasteiger partial charge on any atom is 0.291 e. The molecule has 6 heteroatoms. The van der Waals surface area contributed by atoms with Gasteiger partial charge >= 0.3 is 0 Å². The average Bonchev–Trinajstić information content (AvgIpc) is 3.02. The molecule has 1 N–H and O–H groups in total. The highest BCUT2D eigenvalue weighted by molar-refractivity contribution is 6.31. The third-order valence-electron chi connectivity index (χ3n) is 5.59. The number of nitrogens with zero attached hydrogens (tertiary/aromatic N) is 1. The van der Waals surface area contributed by atoms with Gasteiger partial charge in [0.05, 0.1) is 17.0 Å². The van der Waals surface area contributed by atoms with Crippen molar-refractivity contribution in [2.45, 2.75) is 19.5 Å². The SMILES string of the molecule is Cc1ccc(CN2C(=O)c3oc4ccc(Cl)cc4c(=O)c3[C@H]2c2cccc(O)c2)cc1. The second-order valence-corrected chi connectivity index (χ2v) is 8.17. The quantitative estimate of drug-likeness (QED) is 0.483. The summed E-state index contributed by atoms with van der Waals surface area (Å²) >= 11 is 6.10. The third-order valence-corrected chi connectivity index (χ3v) is 5.82. The van der Waals surface area contributed by atoms with E-state index in [1.165, 1.54) is 0 Å². The van der Waals surface area contributed by atoms with Crippen LogP contribution in [-0.2, 0) is 6.54 Å². The van der Waals surface area contributed by atoms with E-state index in [1.807, 2.05) is 31.2 Å². The van der Waals surface area contributed by atoms with Gasteiger partial charge in [0, 0.05) is 11.6 Å². The summed E-state index contributed by atoms with van der Waals surface area (Å²) < 4.78 is 5.91. The Morgan fingerprint density at radius 3 is 2.55 bits per heavy atom. The molecule has 0 saturated carbocycles. The van der Waals surface area contributed by atoms with Crippen LogP contribution >= 0.6 is 11.6 Å². The minimum Gasteiger partial charge on any atom is -0.508 e. The van der Waals surface area contributed by atoms with E-state index in [-0.39, 0.29) is 28.4 Å². The first-order valence-electron chi connectivity index (χ1n) is 9.84. The number of aromatic hydroxyl groups is 1. The number of halogens is 1. The van der Waals surface area contributed by atoms with E-state index in [9.17, 15) is 14.7 Å². The van der Waals surface area contributed by atoms with Crippen LogP contribution in [0.2, 0.25) is 5.02 Å². The fourth-order valence-corrected chi connectivity index (χ4v) is 4.26. The van der Waals surface area contributed by atoms with E-state index in [2.05, 4.69) is 0 Å². The van der Waals surface area contributed by atoms with Crippen molar-refractivity contribution in [3.63, 3.8) is 0 Å². The Kier molecular flexibility index (Phi) is 4.56. The molecule has 0 bridgehead atoms. The molecule has 0 fully saturated rings. The number of carbonyl (C=O) groups excluding carboxylic acids is 1. The maximum atomic E-state index is 13.5. The zero-order valence-corrected chi connectivity index (χ0v) is 17.4. The van der Waals surface area contributed by atoms with E-state index in [4.69, 9.17) is 16.0 Å². The topological polar surface area (TPSA) is 70.8 Å². The summed E-state index contributed by atoms with van der Waals surface area (Å²) in [6.07, 6.45) is 0. The van der Waals surface area contributed by atoms with Crippen LogP contribution in [0.4, 0.5) is 0 Å². The first-order valence-corrected chi connectivity index (χ1v) is 10.2. The lowest BCUT2D eigenvalue weighted by Gasteiger charge is -2.25. The molecule has 5 nitrogen and oxygen atoms in total. The number of carbonyl (C=O) groups is 1. The van der Waals surface area contributed by atoms with Gasteiger partial charge in [0.1, 0.15) is 11.3 Å². The van der Waals surface area contributed by atoms with Crippen LogP contribution < -0.4 is 5.43 Å². The monoisotopic (exact) mass is 431 g/mol. The molecule has 1 aliphatic rings. The molecular formula is C25H18ClNO4. The van der Waals surface area contributed by atoms with Gasteiger partial charge in [0.2, 0.25) is 5.76 Å². The Labute approximate surface area is 183 Å². The van der Waals surface area contributed by atoms with Crippen LogP contribution in [-0.4, -0.2) is 15.9 Å². The summed E-state index contributed by atoms with van der Waals surface area (Å²) in [4.78, 5) is 28.5. The van der Waals surface area contributed by atoms with E-state index in [0.29, 0.717) is 28.1 Å². The summed E-state index contributed by atoms with van der Waals surface area (Å²) in [6.45, 7) is 2.29. The predicted molar refractivity (Wildman–Crippen MR) is 118 cm³/mol. The summed E-state index contributed by atoms with van der Waals surface area (Å²) in [5.41, 5.74) is 2.95. The lowest BCUT2D eigenvalue weighted by molar-refractivity contribution is 0.0714. The van der Waals surface area contributed by atoms with Gasteiger partial charge < -0.3 is 14.4 Å². The minimum absolute atomic E-state index is 0.0280. The number of phenolic OH excluding ortho intramolecular Hbond substituents is 1. The minimum atomic E-state index is -0.685. The van der Waals surface area contributed by atoms with Gasteiger partial charge in [-0.2, -0.15) is 0 Å². The van der Waals surface area contributed by atoms with E-state index >= 15 is 0 Å². The largest absolute Gasteiger partial charge is 0.508 e. The maximum absolute atomic E-state index is 13.5. The fourth-order valence-electron chi connectivity index (χ4n) is 4.09. The van der Waals surface area contributed by atoms with Crippen molar-refractivity contribution in [3.8, 4) is 5.75 Å². The van der Waals surface area contributed by atoms with Gasteiger partial charge in [-0.25, -0.2) is 0 Å². The van der Waals surface area contributed by atoms with Crippen LogP contribution in [0.1, 0.15) is 38.9 Å². The molecule has 0 radical (unpaired) electrons. The molecule has 5 rings (SSSR count). The lowest BCUT2D eigenvalue weighted by atomic mass is 9.98.